The summed E-state index contributed by atoms with van der Waals surface area (Å²) in [7, 11) is -2.26. The van der Waals surface area contributed by atoms with Gasteiger partial charge in [-0.1, -0.05) is 42.5 Å². The van der Waals surface area contributed by atoms with Crippen LogP contribution in [0.15, 0.2) is 60.7 Å². The Morgan fingerprint density at radius 3 is 2.51 bits per heavy atom. The van der Waals surface area contributed by atoms with Gasteiger partial charge < -0.3 is 25.6 Å². The van der Waals surface area contributed by atoms with Crippen molar-refractivity contribution in [3.63, 3.8) is 0 Å². The lowest BCUT2D eigenvalue weighted by Crippen LogP contribution is -2.31. The summed E-state index contributed by atoms with van der Waals surface area (Å²) >= 11 is 0. The highest BCUT2D eigenvalue weighted by Gasteiger charge is 2.28. The summed E-state index contributed by atoms with van der Waals surface area (Å²) in [5.74, 6) is -1.27. The molecule has 0 fully saturated rings. The number of phenols is 1. The van der Waals surface area contributed by atoms with Gasteiger partial charge in [0.2, 0.25) is 15.9 Å². The number of fused-ring (bicyclic) bond motifs is 1. The number of hydrogen-bond donors (Lipinski definition) is 5. The van der Waals surface area contributed by atoms with E-state index < -0.39 is 28.0 Å². The standard InChI is InChI=1S/C28H31N3O7S/c1-38-27(34)14-22-11-20-8-7-19(12-23(20)30-28(22)35)18-5-3-17(4-6-18)15-29-16-26(33)21-9-10-25(32)24(13-21)31-39(2,36)37/h3-10,12-13,22,26,29,31-33H,11,14-16H2,1-2H3,(H,30,35)/t22?,26-/m1/s1. The van der Waals surface area contributed by atoms with Crippen LogP contribution < -0.4 is 15.4 Å². The number of anilines is 2. The summed E-state index contributed by atoms with van der Waals surface area (Å²) in [6, 6.07) is 18.0. The molecule has 0 aliphatic carbocycles. The van der Waals surface area contributed by atoms with Crippen LogP contribution in [0.3, 0.4) is 0 Å². The Labute approximate surface area is 227 Å². The van der Waals surface area contributed by atoms with Gasteiger partial charge in [-0.25, -0.2) is 8.42 Å². The van der Waals surface area contributed by atoms with Crippen LogP contribution in [0.25, 0.3) is 11.1 Å². The van der Waals surface area contributed by atoms with Crippen molar-refractivity contribution in [3.8, 4) is 16.9 Å². The van der Waals surface area contributed by atoms with Gasteiger partial charge in [-0.3, -0.25) is 14.3 Å². The van der Waals surface area contributed by atoms with Crippen LogP contribution in [0, 0.1) is 5.92 Å². The molecule has 39 heavy (non-hydrogen) atoms. The predicted octanol–water partition coefficient (Wildman–Crippen LogP) is 2.93. The Morgan fingerprint density at radius 1 is 1.10 bits per heavy atom. The molecule has 0 spiro atoms. The van der Waals surface area contributed by atoms with Crippen molar-refractivity contribution in [3.05, 3.63) is 77.4 Å². The highest BCUT2D eigenvalue weighted by Crippen LogP contribution is 2.32. The minimum absolute atomic E-state index is 0.00685. The lowest BCUT2D eigenvalue weighted by Gasteiger charge is -2.24. The summed E-state index contributed by atoms with van der Waals surface area (Å²) < 4.78 is 29.9. The van der Waals surface area contributed by atoms with Crippen LogP contribution in [0.4, 0.5) is 11.4 Å². The van der Waals surface area contributed by atoms with Crippen LogP contribution in [0.5, 0.6) is 5.75 Å². The summed E-state index contributed by atoms with van der Waals surface area (Å²) in [5, 5.41) is 26.5. The molecule has 206 valence electrons. The van der Waals surface area contributed by atoms with Crippen molar-refractivity contribution in [1.82, 2.24) is 5.32 Å². The van der Waals surface area contributed by atoms with Gasteiger partial charge in [-0.2, -0.15) is 0 Å². The molecule has 11 heteroatoms. The monoisotopic (exact) mass is 553 g/mol. The maximum absolute atomic E-state index is 12.4. The number of aliphatic hydroxyl groups is 1. The highest BCUT2D eigenvalue weighted by molar-refractivity contribution is 7.92. The van der Waals surface area contributed by atoms with Crippen molar-refractivity contribution in [2.24, 2.45) is 5.92 Å². The average Bonchev–Trinajstić information content (AvgIpc) is 2.89. The Morgan fingerprint density at radius 2 is 1.82 bits per heavy atom. The number of aromatic hydroxyl groups is 1. The molecular weight excluding hydrogens is 522 g/mol. The molecule has 1 aliphatic rings. The first kappa shape index (κ1) is 28.1. The zero-order valence-electron chi connectivity index (χ0n) is 21.6. The van der Waals surface area contributed by atoms with Crippen molar-refractivity contribution in [1.29, 1.82) is 0 Å². The Balaban J connectivity index is 1.34. The van der Waals surface area contributed by atoms with E-state index in [9.17, 15) is 28.2 Å². The SMILES string of the molecule is COC(=O)CC1Cc2ccc(-c3ccc(CNC[C@@H](O)c4ccc(O)c(NS(C)(=O)=O)c4)cc3)cc2NC1=O. The van der Waals surface area contributed by atoms with E-state index in [1.165, 1.54) is 25.3 Å². The van der Waals surface area contributed by atoms with Gasteiger partial charge in [-0.05, 0) is 52.4 Å². The first-order valence-corrected chi connectivity index (χ1v) is 14.2. The third-order valence-corrected chi connectivity index (χ3v) is 7.09. The number of ether oxygens (including phenoxy) is 1. The smallest absolute Gasteiger partial charge is 0.306 e. The summed E-state index contributed by atoms with van der Waals surface area (Å²) in [6.07, 6.45) is 0.595. The molecule has 0 radical (unpaired) electrons. The second-order valence-electron chi connectivity index (χ2n) is 9.54. The fourth-order valence-corrected chi connectivity index (χ4v) is 4.98. The molecular formula is C28H31N3O7S. The van der Waals surface area contributed by atoms with E-state index in [0.29, 0.717) is 18.5 Å². The van der Waals surface area contributed by atoms with E-state index in [1.54, 1.807) is 0 Å². The maximum atomic E-state index is 12.4. The quantitative estimate of drug-likeness (QED) is 0.190. The minimum Gasteiger partial charge on any atom is -0.506 e. The summed E-state index contributed by atoms with van der Waals surface area (Å²) in [6.45, 7) is 0.706. The van der Waals surface area contributed by atoms with Gasteiger partial charge in [0.1, 0.15) is 5.75 Å². The third-order valence-electron chi connectivity index (χ3n) is 6.50. The third kappa shape index (κ3) is 7.34. The molecule has 3 aromatic carbocycles. The molecule has 10 nitrogen and oxygen atoms in total. The molecule has 1 heterocycles. The predicted molar refractivity (Wildman–Crippen MR) is 148 cm³/mol. The summed E-state index contributed by atoms with van der Waals surface area (Å²) in [4.78, 5) is 24.0. The normalized spacial score (nSPS) is 15.7. The molecule has 0 saturated heterocycles. The van der Waals surface area contributed by atoms with Gasteiger partial charge in [0, 0.05) is 18.8 Å². The molecule has 0 saturated carbocycles. The number of carbonyl (C=O) groups is 2. The molecule has 1 aliphatic heterocycles. The number of rotatable bonds is 10. The molecule has 0 bridgehead atoms. The van der Waals surface area contributed by atoms with Crippen molar-refractivity contribution < 1.29 is 33.0 Å². The van der Waals surface area contributed by atoms with Gasteiger partial charge in [0.05, 0.1) is 37.5 Å². The number of nitrogens with one attached hydrogen (secondary N) is 3. The Bertz CT molecular complexity index is 1470. The van der Waals surface area contributed by atoms with Crippen molar-refractivity contribution in [2.45, 2.75) is 25.5 Å². The van der Waals surface area contributed by atoms with E-state index in [4.69, 9.17) is 0 Å². The van der Waals surface area contributed by atoms with Crippen LogP contribution in [-0.4, -0.2) is 50.4 Å². The van der Waals surface area contributed by atoms with Crippen LogP contribution in [0.2, 0.25) is 0 Å². The van der Waals surface area contributed by atoms with Gasteiger partial charge in [0.25, 0.3) is 0 Å². The molecule has 4 rings (SSSR count). The minimum atomic E-state index is -3.57. The number of methoxy groups -OCH3 is 1. The fourth-order valence-electron chi connectivity index (χ4n) is 4.42. The zero-order chi connectivity index (χ0) is 28.2. The molecule has 3 aromatic rings. The lowest BCUT2D eigenvalue weighted by atomic mass is 9.89. The molecule has 5 N–H and O–H groups in total. The first-order chi connectivity index (χ1) is 18.5. The molecule has 2 atom stereocenters. The number of hydrogen-bond acceptors (Lipinski definition) is 8. The molecule has 0 aromatic heterocycles. The topological polar surface area (TPSA) is 154 Å². The molecule has 1 unspecified atom stereocenters. The van der Waals surface area contributed by atoms with Gasteiger partial charge >= 0.3 is 5.97 Å². The van der Waals surface area contributed by atoms with E-state index in [0.717, 1.165) is 34.2 Å². The van der Waals surface area contributed by atoms with Crippen LogP contribution in [0.1, 0.15) is 29.2 Å². The Hall–Kier alpha value is -3.93. The number of phenolic OH excluding ortho intramolecular Hbond substituents is 1. The van der Waals surface area contributed by atoms with E-state index in [-0.39, 0.29) is 30.3 Å². The fraction of sp³-hybridized carbons (Fsp3) is 0.286. The zero-order valence-corrected chi connectivity index (χ0v) is 22.4. The van der Waals surface area contributed by atoms with Gasteiger partial charge in [-0.15, -0.1) is 0 Å². The number of esters is 1. The Kier molecular flexibility index (Phi) is 8.54. The second kappa shape index (κ2) is 11.9. The highest BCUT2D eigenvalue weighted by atomic mass is 32.2. The number of sulfonamides is 1. The number of amides is 1. The average molecular weight is 554 g/mol. The van der Waals surface area contributed by atoms with Crippen LogP contribution in [-0.2, 0) is 37.3 Å². The van der Waals surface area contributed by atoms with Gasteiger partial charge in [0.15, 0.2) is 0 Å². The first-order valence-electron chi connectivity index (χ1n) is 12.3. The van der Waals surface area contributed by atoms with Crippen molar-refractivity contribution >= 4 is 33.3 Å². The lowest BCUT2D eigenvalue weighted by molar-refractivity contribution is -0.143. The number of aliphatic hydroxyl groups excluding tert-OH is 1. The maximum Gasteiger partial charge on any atom is 0.306 e. The number of benzene rings is 3. The summed E-state index contributed by atoms with van der Waals surface area (Å²) in [5.41, 5.74) is 5.09. The largest absolute Gasteiger partial charge is 0.506 e. The number of carbonyl (C=O) groups excluding carboxylic acids is 2. The van der Waals surface area contributed by atoms with E-state index in [1.807, 2.05) is 42.5 Å². The van der Waals surface area contributed by atoms with E-state index in [2.05, 4.69) is 20.1 Å². The molecule has 1 amide bonds. The second-order valence-corrected chi connectivity index (χ2v) is 11.3. The van der Waals surface area contributed by atoms with Crippen LogP contribution >= 0.6 is 0 Å². The van der Waals surface area contributed by atoms with E-state index >= 15 is 0 Å². The van der Waals surface area contributed by atoms with Crippen molar-refractivity contribution in [2.75, 3.05) is 29.9 Å².